The zero-order valence-electron chi connectivity index (χ0n) is 11.4. The van der Waals surface area contributed by atoms with E-state index in [4.69, 9.17) is 4.42 Å². The summed E-state index contributed by atoms with van der Waals surface area (Å²) in [6.45, 7) is 2.26. The van der Waals surface area contributed by atoms with Crippen molar-refractivity contribution in [2.45, 2.75) is 13.5 Å². The average molecular weight is 345 g/mol. The SMILES string of the molecule is Cc1nc2ccc(CNC(=O)c3ccc(Br)cc3)cc2o1. The van der Waals surface area contributed by atoms with E-state index in [1.165, 1.54) is 0 Å². The van der Waals surface area contributed by atoms with Crippen LogP contribution in [0.5, 0.6) is 0 Å². The van der Waals surface area contributed by atoms with Gasteiger partial charge in [0.15, 0.2) is 11.5 Å². The summed E-state index contributed by atoms with van der Waals surface area (Å²) in [4.78, 5) is 16.3. The predicted molar refractivity (Wildman–Crippen MR) is 84.1 cm³/mol. The molecular weight excluding hydrogens is 332 g/mol. The number of halogens is 1. The Hall–Kier alpha value is -2.14. The number of nitrogens with zero attached hydrogens (tertiary/aromatic N) is 1. The molecule has 0 spiro atoms. The maximum atomic E-state index is 12.0. The Bertz CT molecular complexity index is 794. The molecule has 1 amide bonds. The number of amides is 1. The van der Waals surface area contributed by atoms with E-state index in [-0.39, 0.29) is 5.91 Å². The van der Waals surface area contributed by atoms with Crippen LogP contribution in [0.3, 0.4) is 0 Å². The second kappa shape index (κ2) is 5.69. The van der Waals surface area contributed by atoms with Crippen molar-refractivity contribution in [1.29, 1.82) is 0 Å². The molecule has 0 aliphatic heterocycles. The maximum Gasteiger partial charge on any atom is 0.251 e. The molecule has 21 heavy (non-hydrogen) atoms. The number of carbonyl (C=O) groups is 1. The van der Waals surface area contributed by atoms with Crippen LogP contribution in [0.1, 0.15) is 21.8 Å². The molecule has 0 unspecified atom stereocenters. The van der Waals surface area contributed by atoms with Gasteiger partial charge in [-0.15, -0.1) is 0 Å². The van der Waals surface area contributed by atoms with Gasteiger partial charge in [-0.05, 0) is 42.0 Å². The van der Waals surface area contributed by atoms with Gasteiger partial charge in [0.25, 0.3) is 5.91 Å². The third kappa shape index (κ3) is 3.13. The van der Waals surface area contributed by atoms with E-state index in [1.807, 2.05) is 37.3 Å². The smallest absolute Gasteiger partial charge is 0.251 e. The highest BCUT2D eigenvalue weighted by Crippen LogP contribution is 2.17. The van der Waals surface area contributed by atoms with E-state index in [0.29, 0.717) is 18.0 Å². The lowest BCUT2D eigenvalue weighted by Crippen LogP contribution is -2.22. The van der Waals surface area contributed by atoms with Crippen LogP contribution >= 0.6 is 15.9 Å². The largest absolute Gasteiger partial charge is 0.441 e. The van der Waals surface area contributed by atoms with E-state index in [2.05, 4.69) is 26.2 Å². The second-order valence-corrected chi connectivity index (χ2v) is 5.64. The highest BCUT2D eigenvalue weighted by molar-refractivity contribution is 9.10. The number of carbonyl (C=O) groups excluding carboxylic acids is 1. The van der Waals surface area contributed by atoms with Crippen LogP contribution in [0.4, 0.5) is 0 Å². The van der Waals surface area contributed by atoms with E-state index in [0.717, 1.165) is 21.1 Å². The summed E-state index contributed by atoms with van der Waals surface area (Å²) < 4.78 is 6.43. The number of hydrogen-bond acceptors (Lipinski definition) is 3. The van der Waals surface area contributed by atoms with Crippen LogP contribution in [0.2, 0.25) is 0 Å². The number of nitrogens with one attached hydrogen (secondary N) is 1. The Morgan fingerprint density at radius 2 is 2.00 bits per heavy atom. The van der Waals surface area contributed by atoms with Gasteiger partial charge in [-0.1, -0.05) is 22.0 Å². The van der Waals surface area contributed by atoms with E-state index >= 15 is 0 Å². The zero-order chi connectivity index (χ0) is 14.8. The molecule has 0 radical (unpaired) electrons. The van der Waals surface area contributed by atoms with Gasteiger partial charge >= 0.3 is 0 Å². The summed E-state index contributed by atoms with van der Waals surface area (Å²) in [5.41, 5.74) is 3.18. The summed E-state index contributed by atoms with van der Waals surface area (Å²) in [6, 6.07) is 13.0. The lowest BCUT2D eigenvalue weighted by Gasteiger charge is -2.05. The van der Waals surface area contributed by atoms with E-state index in [9.17, 15) is 4.79 Å². The fourth-order valence-corrected chi connectivity index (χ4v) is 2.34. The molecule has 106 valence electrons. The van der Waals surface area contributed by atoms with Crippen LogP contribution in [0.15, 0.2) is 51.4 Å². The monoisotopic (exact) mass is 344 g/mol. The van der Waals surface area contributed by atoms with Crippen molar-refractivity contribution in [3.63, 3.8) is 0 Å². The summed E-state index contributed by atoms with van der Waals surface area (Å²) in [5, 5.41) is 2.89. The highest BCUT2D eigenvalue weighted by atomic mass is 79.9. The standard InChI is InChI=1S/C16H13BrN2O2/c1-10-19-14-7-2-11(8-15(14)21-10)9-18-16(20)12-3-5-13(17)6-4-12/h2-8H,9H2,1H3,(H,18,20). The fraction of sp³-hybridized carbons (Fsp3) is 0.125. The van der Waals surface area contributed by atoms with Crippen molar-refractivity contribution in [1.82, 2.24) is 10.3 Å². The van der Waals surface area contributed by atoms with Crippen LogP contribution < -0.4 is 5.32 Å². The number of benzene rings is 2. The lowest BCUT2D eigenvalue weighted by molar-refractivity contribution is 0.0951. The molecule has 0 saturated carbocycles. The van der Waals surface area contributed by atoms with Gasteiger partial charge in [0.1, 0.15) is 5.52 Å². The fourth-order valence-electron chi connectivity index (χ4n) is 2.08. The lowest BCUT2D eigenvalue weighted by atomic mass is 10.2. The third-order valence-electron chi connectivity index (χ3n) is 3.12. The summed E-state index contributed by atoms with van der Waals surface area (Å²) in [6.07, 6.45) is 0. The summed E-state index contributed by atoms with van der Waals surface area (Å²) >= 11 is 3.35. The predicted octanol–water partition coefficient (Wildman–Crippen LogP) is 3.83. The van der Waals surface area contributed by atoms with Gasteiger partial charge in [-0.2, -0.15) is 0 Å². The Morgan fingerprint density at radius 3 is 2.76 bits per heavy atom. The molecule has 1 heterocycles. The van der Waals surface area contributed by atoms with Crippen LogP contribution in [0.25, 0.3) is 11.1 Å². The van der Waals surface area contributed by atoms with Crippen LogP contribution in [0, 0.1) is 6.92 Å². The summed E-state index contributed by atoms with van der Waals surface area (Å²) in [7, 11) is 0. The van der Waals surface area contributed by atoms with Gasteiger partial charge in [-0.25, -0.2) is 4.98 Å². The zero-order valence-corrected chi connectivity index (χ0v) is 13.0. The number of fused-ring (bicyclic) bond motifs is 1. The van der Waals surface area contributed by atoms with Gasteiger partial charge in [0.2, 0.25) is 0 Å². The Balaban J connectivity index is 1.70. The molecule has 0 bridgehead atoms. The van der Waals surface area contributed by atoms with Gasteiger partial charge in [-0.3, -0.25) is 4.79 Å². The molecule has 0 aliphatic carbocycles. The molecule has 0 atom stereocenters. The van der Waals surface area contributed by atoms with Gasteiger partial charge in [0.05, 0.1) is 0 Å². The molecule has 4 nitrogen and oxygen atoms in total. The van der Waals surface area contributed by atoms with Crippen molar-refractivity contribution in [2.24, 2.45) is 0 Å². The molecule has 3 rings (SSSR count). The quantitative estimate of drug-likeness (QED) is 0.785. The maximum absolute atomic E-state index is 12.0. The minimum absolute atomic E-state index is 0.101. The number of rotatable bonds is 3. The topological polar surface area (TPSA) is 55.1 Å². The number of hydrogen-bond donors (Lipinski definition) is 1. The minimum atomic E-state index is -0.101. The number of aromatic nitrogens is 1. The normalized spacial score (nSPS) is 10.8. The van der Waals surface area contributed by atoms with Crippen molar-refractivity contribution in [3.8, 4) is 0 Å². The molecule has 0 aliphatic rings. The Kier molecular flexibility index (Phi) is 3.75. The molecule has 0 saturated heterocycles. The van der Waals surface area contributed by atoms with Crippen LogP contribution in [-0.2, 0) is 6.54 Å². The van der Waals surface area contributed by atoms with Crippen molar-refractivity contribution in [3.05, 3.63) is 64.0 Å². The van der Waals surface area contributed by atoms with Crippen molar-refractivity contribution >= 4 is 32.9 Å². The molecule has 1 aromatic heterocycles. The third-order valence-corrected chi connectivity index (χ3v) is 3.65. The molecule has 3 aromatic rings. The first-order valence-electron chi connectivity index (χ1n) is 6.52. The van der Waals surface area contributed by atoms with Gasteiger partial charge in [0, 0.05) is 23.5 Å². The highest BCUT2D eigenvalue weighted by Gasteiger charge is 2.07. The van der Waals surface area contributed by atoms with Crippen LogP contribution in [-0.4, -0.2) is 10.9 Å². The number of aryl methyl sites for hydroxylation is 1. The Morgan fingerprint density at radius 1 is 1.24 bits per heavy atom. The van der Waals surface area contributed by atoms with E-state index < -0.39 is 0 Å². The first kappa shape index (κ1) is 13.8. The molecule has 5 heteroatoms. The summed E-state index contributed by atoms with van der Waals surface area (Å²) in [5.74, 6) is 0.539. The first-order valence-corrected chi connectivity index (χ1v) is 7.31. The molecular formula is C16H13BrN2O2. The Labute approximate surface area is 130 Å². The van der Waals surface area contributed by atoms with Gasteiger partial charge < -0.3 is 9.73 Å². The number of oxazole rings is 1. The van der Waals surface area contributed by atoms with Crippen molar-refractivity contribution in [2.75, 3.05) is 0 Å². The molecule has 0 fully saturated rings. The first-order chi connectivity index (χ1) is 10.1. The minimum Gasteiger partial charge on any atom is -0.441 e. The average Bonchev–Trinajstić information content (AvgIpc) is 2.84. The second-order valence-electron chi connectivity index (χ2n) is 4.72. The van der Waals surface area contributed by atoms with Crippen molar-refractivity contribution < 1.29 is 9.21 Å². The molecule has 1 N–H and O–H groups in total. The van der Waals surface area contributed by atoms with E-state index in [1.54, 1.807) is 12.1 Å². The molecule has 2 aromatic carbocycles.